The lowest BCUT2D eigenvalue weighted by molar-refractivity contribution is -0.127. The van der Waals surface area contributed by atoms with Gasteiger partial charge < -0.3 is 0 Å². The van der Waals surface area contributed by atoms with E-state index in [-0.39, 0.29) is 18.2 Å². The average Bonchev–Trinajstić information content (AvgIpc) is 3.11. The minimum Gasteiger partial charge on any atom is -0.299 e. The third kappa shape index (κ3) is 3.08. The van der Waals surface area contributed by atoms with Crippen LogP contribution < -0.4 is 0 Å². The highest BCUT2D eigenvalue weighted by Gasteiger charge is 2.39. The van der Waals surface area contributed by atoms with Crippen LogP contribution in [0.5, 0.6) is 0 Å². The Morgan fingerprint density at radius 1 is 1.44 bits per heavy atom. The van der Waals surface area contributed by atoms with Gasteiger partial charge in [-0.05, 0) is 34.7 Å². The fraction of sp³-hybridized carbons (Fsp3) is 0.222. The summed E-state index contributed by atoms with van der Waals surface area (Å²) in [5, 5.41) is 18.7. The van der Waals surface area contributed by atoms with Crippen molar-refractivity contribution in [3.05, 3.63) is 46.2 Å². The van der Waals surface area contributed by atoms with Crippen LogP contribution in [0.4, 0.5) is 4.39 Å². The Labute approximate surface area is 148 Å². The predicted octanol–water partition coefficient (Wildman–Crippen LogP) is 3.36. The van der Waals surface area contributed by atoms with E-state index in [4.69, 9.17) is 10.7 Å². The number of hydrogen-bond acceptors (Lipinski definition) is 5. The van der Waals surface area contributed by atoms with Gasteiger partial charge in [-0.1, -0.05) is 12.1 Å². The molecule has 0 unspecified atom stereocenters. The molecule has 1 N–H and O–H groups in total. The molecule has 0 spiro atoms. The van der Waals surface area contributed by atoms with Crippen molar-refractivity contribution >= 4 is 29.3 Å². The SMILES string of the molecule is CN1C(=N)C=N[C@](CF)(c2cc(-c3cccc(C#N)c3)cs2)CC1=O. The lowest BCUT2D eigenvalue weighted by Crippen LogP contribution is -2.35. The first-order chi connectivity index (χ1) is 12.0. The van der Waals surface area contributed by atoms with Crippen molar-refractivity contribution in [2.45, 2.75) is 12.0 Å². The largest absolute Gasteiger partial charge is 0.299 e. The van der Waals surface area contributed by atoms with Gasteiger partial charge in [0.1, 0.15) is 18.0 Å². The summed E-state index contributed by atoms with van der Waals surface area (Å²) in [5.74, 6) is -0.402. The summed E-state index contributed by atoms with van der Waals surface area (Å²) in [6.45, 7) is -0.825. The number of thiophene rings is 1. The lowest BCUT2D eigenvalue weighted by Gasteiger charge is -2.24. The number of rotatable bonds is 3. The summed E-state index contributed by atoms with van der Waals surface area (Å²) in [5.41, 5.74) is 0.942. The fourth-order valence-corrected chi connectivity index (χ4v) is 3.67. The minimum atomic E-state index is -1.30. The van der Waals surface area contributed by atoms with Crippen molar-refractivity contribution in [3.8, 4) is 17.2 Å². The number of benzene rings is 1. The molecule has 2 heterocycles. The van der Waals surface area contributed by atoms with Crippen LogP contribution in [0, 0.1) is 16.7 Å². The van der Waals surface area contributed by atoms with E-state index in [2.05, 4.69) is 11.1 Å². The fourth-order valence-electron chi connectivity index (χ4n) is 2.62. The predicted molar refractivity (Wildman–Crippen MR) is 95.7 cm³/mol. The van der Waals surface area contributed by atoms with Gasteiger partial charge in [-0.15, -0.1) is 11.3 Å². The van der Waals surface area contributed by atoms with E-state index >= 15 is 0 Å². The van der Waals surface area contributed by atoms with Crippen molar-refractivity contribution in [1.29, 1.82) is 10.7 Å². The second-order valence-corrected chi connectivity index (χ2v) is 6.74. The first-order valence-corrected chi connectivity index (χ1v) is 8.43. The molecule has 1 aromatic heterocycles. The van der Waals surface area contributed by atoms with E-state index in [1.807, 2.05) is 11.4 Å². The van der Waals surface area contributed by atoms with E-state index in [9.17, 15) is 9.18 Å². The molecule has 0 saturated carbocycles. The van der Waals surface area contributed by atoms with E-state index in [1.165, 1.54) is 29.5 Å². The quantitative estimate of drug-likeness (QED) is 0.917. The number of carbonyl (C=O) groups excluding carboxylic acids is 1. The van der Waals surface area contributed by atoms with Gasteiger partial charge in [0, 0.05) is 11.9 Å². The number of hydrogen-bond donors (Lipinski definition) is 1. The number of nitrogens with one attached hydrogen (secondary N) is 1. The highest BCUT2D eigenvalue weighted by atomic mass is 32.1. The van der Waals surface area contributed by atoms with Crippen molar-refractivity contribution in [3.63, 3.8) is 0 Å². The smallest absolute Gasteiger partial charge is 0.230 e. The monoisotopic (exact) mass is 354 g/mol. The molecule has 0 fully saturated rings. The zero-order chi connectivity index (χ0) is 18.0. The Morgan fingerprint density at radius 3 is 2.96 bits per heavy atom. The van der Waals surface area contributed by atoms with Crippen LogP contribution in [-0.4, -0.2) is 36.6 Å². The number of alkyl halides is 1. The van der Waals surface area contributed by atoms with Crippen LogP contribution in [0.25, 0.3) is 11.1 Å². The van der Waals surface area contributed by atoms with E-state index < -0.39 is 12.2 Å². The van der Waals surface area contributed by atoms with Crippen LogP contribution in [0.2, 0.25) is 0 Å². The van der Waals surface area contributed by atoms with Crippen LogP contribution >= 0.6 is 11.3 Å². The number of amidine groups is 1. The highest BCUT2D eigenvalue weighted by molar-refractivity contribution is 7.10. The Bertz CT molecular complexity index is 914. The minimum absolute atomic E-state index is 0.0566. The number of carbonyl (C=O) groups is 1. The Hall–Kier alpha value is -2.85. The van der Waals surface area contributed by atoms with Crippen molar-refractivity contribution in [1.82, 2.24) is 4.90 Å². The lowest BCUT2D eigenvalue weighted by atomic mass is 9.93. The summed E-state index contributed by atoms with van der Waals surface area (Å²) in [6.07, 6.45) is 1.11. The molecule has 1 aliphatic rings. The first-order valence-electron chi connectivity index (χ1n) is 7.55. The first kappa shape index (κ1) is 17.0. The zero-order valence-corrected chi connectivity index (χ0v) is 14.3. The average molecular weight is 354 g/mol. The molecule has 1 atom stereocenters. The molecule has 126 valence electrons. The van der Waals surface area contributed by atoms with Gasteiger partial charge >= 0.3 is 0 Å². The van der Waals surface area contributed by atoms with E-state index in [0.717, 1.165) is 11.1 Å². The van der Waals surface area contributed by atoms with Crippen molar-refractivity contribution in [2.24, 2.45) is 4.99 Å². The number of amides is 1. The summed E-state index contributed by atoms with van der Waals surface area (Å²) in [6, 6.07) is 11.0. The molecule has 2 aromatic rings. The van der Waals surface area contributed by atoms with Gasteiger partial charge in [0.2, 0.25) is 5.91 Å². The molecule has 5 nitrogen and oxygen atoms in total. The van der Waals surface area contributed by atoms with Gasteiger partial charge in [0.25, 0.3) is 0 Å². The molecule has 3 rings (SSSR count). The molecule has 7 heteroatoms. The standard InChI is InChI=1S/C18H15FN4OS/c1-23-16(21)9-22-18(11-19,7-17(23)24)15-6-14(10-25-15)13-4-2-3-12(5-13)8-20/h2-6,9-10,21H,7,11H2,1H3/t18-/m1/s1. The molecule has 1 aliphatic heterocycles. The van der Waals surface area contributed by atoms with Crippen molar-refractivity contribution in [2.75, 3.05) is 13.7 Å². The zero-order valence-electron chi connectivity index (χ0n) is 13.5. The number of halogens is 1. The van der Waals surface area contributed by atoms with Crippen LogP contribution in [0.3, 0.4) is 0 Å². The number of nitrogens with zero attached hydrogens (tertiary/aromatic N) is 3. The summed E-state index contributed by atoms with van der Waals surface area (Å²) in [7, 11) is 1.48. The van der Waals surface area contributed by atoms with E-state index in [0.29, 0.717) is 10.4 Å². The normalized spacial score (nSPS) is 20.4. The third-order valence-electron chi connectivity index (χ3n) is 4.22. The van der Waals surface area contributed by atoms with Crippen LogP contribution in [0.15, 0.2) is 40.7 Å². The van der Waals surface area contributed by atoms with Gasteiger partial charge in [-0.3, -0.25) is 20.1 Å². The van der Waals surface area contributed by atoms with Crippen LogP contribution in [-0.2, 0) is 10.3 Å². The second kappa shape index (κ2) is 6.57. The third-order valence-corrected chi connectivity index (χ3v) is 5.34. The maximum atomic E-state index is 14.0. The molecule has 0 bridgehead atoms. The molecule has 1 amide bonds. The topological polar surface area (TPSA) is 80.3 Å². The second-order valence-electron chi connectivity index (χ2n) is 5.83. The summed E-state index contributed by atoms with van der Waals surface area (Å²) in [4.78, 5) is 18.3. The number of nitriles is 1. The maximum absolute atomic E-state index is 14.0. The van der Waals surface area contributed by atoms with Gasteiger partial charge in [0.05, 0.1) is 24.3 Å². The maximum Gasteiger partial charge on any atom is 0.230 e. The Balaban J connectivity index is 2.02. The molecule has 0 aliphatic carbocycles. The molecule has 0 saturated heterocycles. The molecule has 0 radical (unpaired) electrons. The van der Waals surface area contributed by atoms with Crippen molar-refractivity contribution < 1.29 is 9.18 Å². The van der Waals surface area contributed by atoms with Gasteiger partial charge in [-0.25, -0.2) is 4.39 Å². The van der Waals surface area contributed by atoms with Gasteiger partial charge in [-0.2, -0.15) is 5.26 Å². The Morgan fingerprint density at radius 2 is 2.24 bits per heavy atom. The highest BCUT2D eigenvalue weighted by Crippen LogP contribution is 2.39. The van der Waals surface area contributed by atoms with Crippen LogP contribution in [0.1, 0.15) is 16.9 Å². The molecular weight excluding hydrogens is 339 g/mol. The molecule has 25 heavy (non-hydrogen) atoms. The summed E-state index contributed by atoms with van der Waals surface area (Å²) < 4.78 is 14.0. The van der Waals surface area contributed by atoms with Gasteiger partial charge in [0.15, 0.2) is 0 Å². The number of aliphatic imine (C=N–C) groups is 1. The van der Waals surface area contributed by atoms with E-state index in [1.54, 1.807) is 24.3 Å². The molecule has 1 aromatic carbocycles. The molecular formula is C18H15FN4OS. The summed E-state index contributed by atoms with van der Waals surface area (Å²) >= 11 is 1.32. The Kier molecular flexibility index (Phi) is 4.47.